The third-order valence-electron chi connectivity index (χ3n) is 6.03. The highest BCUT2D eigenvalue weighted by Gasteiger charge is 2.19. The number of hydrogen-bond donors (Lipinski definition) is 1. The molecule has 10 nitrogen and oxygen atoms in total. The predicted molar refractivity (Wildman–Crippen MR) is 136 cm³/mol. The van der Waals surface area contributed by atoms with Crippen molar-refractivity contribution in [3.8, 4) is 23.4 Å². The van der Waals surface area contributed by atoms with Gasteiger partial charge >= 0.3 is 0 Å². The summed E-state index contributed by atoms with van der Waals surface area (Å²) in [6, 6.07) is 9.04. The van der Waals surface area contributed by atoms with Crippen molar-refractivity contribution in [3.63, 3.8) is 0 Å². The van der Waals surface area contributed by atoms with Crippen molar-refractivity contribution in [1.29, 1.82) is 5.26 Å². The normalized spacial score (nSPS) is 13.8. The largest absolute Gasteiger partial charge is 0.493 e. The lowest BCUT2D eigenvalue weighted by molar-refractivity contribution is -0.130. The number of piperazine rings is 1. The van der Waals surface area contributed by atoms with Gasteiger partial charge in [-0.15, -0.1) is 0 Å². The molecule has 0 atom stereocenters. The number of fused-ring (bicyclic) bond motifs is 1. The Morgan fingerprint density at radius 3 is 2.61 bits per heavy atom. The lowest BCUT2D eigenvalue weighted by Crippen LogP contribution is -2.48. The van der Waals surface area contributed by atoms with E-state index in [0.717, 1.165) is 32.7 Å². The average molecular weight is 511 g/mol. The molecule has 1 aromatic carbocycles. The number of hydrogen-bond acceptors (Lipinski definition) is 9. The van der Waals surface area contributed by atoms with Crippen LogP contribution in [0.25, 0.3) is 10.9 Å². The number of rotatable bonds is 8. The molecule has 1 aliphatic rings. The molecule has 1 fully saturated rings. The van der Waals surface area contributed by atoms with E-state index >= 15 is 0 Å². The Morgan fingerprint density at radius 1 is 1.17 bits per heavy atom. The Kier molecular flexibility index (Phi) is 7.93. The van der Waals surface area contributed by atoms with Gasteiger partial charge < -0.3 is 24.4 Å². The summed E-state index contributed by atoms with van der Waals surface area (Å²) in [5.74, 6) is 1.90. The number of halogens is 1. The van der Waals surface area contributed by atoms with Crippen LogP contribution in [0.4, 0.5) is 11.5 Å². The number of methoxy groups -OCH3 is 2. The first-order valence-electron chi connectivity index (χ1n) is 11.4. The Labute approximate surface area is 214 Å². The maximum atomic E-state index is 11.5. The fraction of sp³-hybridized carbons (Fsp3) is 0.360. The summed E-state index contributed by atoms with van der Waals surface area (Å²) < 4.78 is 16.8. The number of ether oxygens (including phenoxy) is 3. The fourth-order valence-electron chi connectivity index (χ4n) is 4.01. The third kappa shape index (κ3) is 5.53. The Bertz CT molecular complexity index is 1300. The minimum Gasteiger partial charge on any atom is -0.493 e. The van der Waals surface area contributed by atoms with Crippen LogP contribution in [0.3, 0.4) is 0 Å². The third-order valence-corrected chi connectivity index (χ3v) is 6.33. The van der Waals surface area contributed by atoms with Gasteiger partial charge in [0.2, 0.25) is 11.8 Å². The molecule has 0 radical (unpaired) electrons. The first-order chi connectivity index (χ1) is 17.4. The van der Waals surface area contributed by atoms with Crippen molar-refractivity contribution in [3.05, 3.63) is 41.0 Å². The molecule has 36 heavy (non-hydrogen) atoms. The summed E-state index contributed by atoms with van der Waals surface area (Å²) in [5, 5.41) is 13.9. The molecule has 3 heterocycles. The number of nitrogens with zero attached hydrogens (tertiary/aromatic N) is 5. The molecule has 188 valence electrons. The molecule has 1 saturated heterocycles. The lowest BCUT2D eigenvalue weighted by Gasteiger charge is -2.34. The lowest BCUT2D eigenvalue weighted by atomic mass is 10.1. The maximum absolute atomic E-state index is 11.5. The van der Waals surface area contributed by atoms with Crippen molar-refractivity contribution in [2.24, 2.45) is 0 Å². The molecule has 1 aliphatic heterocycles. The standard InChI is InChI=1S/C25H27ClN6O4/c1-16(33)32-8-6-31(7-9-32)10-11-36-22-13-20-18(12-21(22)34-2)24(17(14-27)15-28-20)30-25-19(26)4-5-23(29-25)35-3/h4-5,12-13,15H,6-11H2,1-3H3,(H,28,29,30). The second kappa shape index (κ2) is 11.3. The van der Waals surface area contributed by atoms with Gasteiger partial charge in [0.05, 0.1) is 36.0 Å². The quantitative estimate of drug-likeness (QED) is 0.486. The van der Waals surface area contributed by atoms with Crippen LogP contribution in [0.1, 0.15) is 12.5 Å². The average Bonchev–Trinajstić information content (AvgIpc) is 2.89. The molecule has 2 aromatic heterocycles. The highest BCUT2D eigenvalue weighted by molar-refractivity contribution is 6.33. The molecule has 0 bridgehead atoms. The number of pyridine rings is 2. The molecule has 11 heteroatoms. The molecule has 0 aliphatic carbocycles. The summed E-state index contributed by atoms with van der Waals surface area (Å²) in [7, 11) is 3.07. The van der Waals surface area contributed by atoms with Crippen molar-refractivity contribution in [2.75, 3.05) is 58.9 Å². The summed E-state index contributed by atoms with van der Waals surface area (Å²) in [4.78, 5) is 24.4. The van der Waals surface area contributed by atoms with Gasteiger partial charge in [-0.1, -0.05) is 11.6 Å². The Balaban J connectivity index is 1.56. The minimum absolute atomic E-state index is 0.108. The van der Waals surface area contributed by atoms with Crippen LogP contribution in [-0.2, 0) is 4.79 Å². The highest BCUT2D eigenvalue weighted by Crippen LogP contribution is 2.38. The second-order valence-electron chi connectivity index (χ2n) is 8.18. The van der Waals surface area contributed by atoms with E-state index in [0.29, 0.717) is 57.0 Å². The van der Waals surface area contributed by atoms with Gasteiger partial charge in [-0.2, -0.15) is 10.2 Å². The van der Waals surface area contributed by atoms with Crippen LogP contribution in [0.2, 0.25) is 5.02 Å². The minimum atomic E-state index is 0.108. The smallest absolute Gasteiger partial charge is 0.219 e. The molecular formula is C25H27ClN6O4. The van der Waals surface area contributed by atoms with Crippen LogP contribution in [0.5, 0.6) is 17.4 Å². The van der Waals surface area contributed by atoms with E-state index in [2.05, 4.69) is 26.3 Å². The van der Waals surface area contributed by atoms with Crippen LogP contribution in [-0.4, -0.2) is 79.2 Å². The number of amides is 1. The van der Waals surface area contributed by atoms with Crippen molar-refractivity contribution in [1.82, 2.24) is 19.8 Å². The summed E-state index contributed by atoms with van der Waals surface area (Å²) >= 11 is 6.33. The summed E-state index contributed by atoms with van der Waals surface area (Å²) in [5.41, 5.74) is 1.43. The number of benzene rings is 1. The fourth-order valence-corrected chi connectivity index (χ4v) is 4.16. The number of carbonyl (C=O) groups is 1. The van der Waals surface area contributed by atoms with E-state index < -0.39 is 0 Å². The number of aromatic nitrogens is 2. The topological polar surface area (TPSA) is 113 Å². The van der Waals surface area contributed by atoms with E-state index in [1.54, 1.807) is 38.3 Å². The molecule has 0 unspecified atom stereocenters. The number of nitriles is 1. The van der Waals surface area contributed by atoms with Gasteiger partial charge in [-0.3, -0.25) is 14.7 Å². The predicted octanol–water partition coefficient (Wildman–Crippen LogP) is 3.46. The van der Waals surface area contributed by atoms with E-state index in [9.17, 15) is 10.1 Å². The van der Waals surface area contributed by atoms with Crippen LogP contribution in [0, 0.1) is 11.3 Å². The van der Waals surface area contributed by atoms with Crippen molar-refractivity contribution >= 4 is 39.9 Å². The highest BCUT2D eigenvalue weighted by atomic mass is 35.5. The number of nitrogens with one attached hydrogen (secondary N) is 1. The monoisotopic (exact) mass is 510 g/mol. The van der Waals surface area contributed by atoms with Crippen molar-refractivity contribution in [2.45, 2.75) is 6.92 Å². The second-order valence-corrected chi connectivity index (χ2v) is 8.59. The van der Waals surface area contributed by atoms with E-state index in [1.165, 1.54) is 13.3 Å². The van der Waals surface area contributed by atoms with Crippen LogP contribution >= 0.6 is 11.6 Å². The van der Waals surface area contributed by atoms with E-state index in [4.69, 9.17) is 25.8 Å². The Morgan fingerprint density at radius 2 is 1.94 bits per heavy atom. The van der Waals surface area contributed by atoms with Crippen LogP contribution in [0.15, 0.2) is 30.5 Å². The zero-order valence-corrected chi connectivity index (χ0v) is 21.1. The number of carbonyl (C=O) groups excluding carboxylic acids is 1. The maximum Gasteiger partial charge on any atom is 0.219 e. The zero-order chi connectivity index (χ0) is 25.7. The van der Waals surface area contributed by atoms with Gasteiger partial charge in [0.1, 0.15) is 12.7 Å². The zero-order valence-electron chi connectivity index (χ0n) is 20.4. The van der Waals surface area contributed by atoms with Gasteiger partial charge in [0.25, 0.3) is 0 Å². The van der Waals surface area contributed by atoms with Gasteiger partial charge in [-0.25, -0.2) is 0 Å². The van der Waals surface area contributed by atoms with E-state index in [1.807, 2.05) is 4.90 Å². The molecule has 0 spiro atoms. The number of anilines is 2. The van der Waals surface area contributed by atoms with Crippen molar-refractivity contribution < 1.29 is 19.0 Å². The summed E-state index contributed by atoms with van der Waals surface area (Å²) in [6.45, 7) is 5.84. The molecule has 3 aromatic rings. The summed E-state index contributed by atoms with van der Waals surface area (Å²) in [6.07, 6.45) is 1.49. The molecule has 1 N–H and O–H groups in total. The van der Waals surface area contributed by atoms with Gasteiger partial charge in [0.15, 0.2) is 17.3 Å². The molecule has 0 saturated carbocycles. The first kappa shape index (κ1) is 25.3. The van der Waals surface area contributed by atoms with Gasteiger partial charge in [0, 0.05) is 63.4 Å². The molecule has 1 amide bonds. The first-order valence-corrected chi connectivity index (χ1v) is 11.8. The molecule has 4 rings (SSSR count). The van der Waals surface area contributed by atoms with Gasteiger partial charge in [-0.05, 0) is 12.1 Å². The van der Waals surface area contributed by atoms with E-state index in [-0.39, 0.29) is 5.91 Å². The SMILES string of the molecule is COc1ccc(Cl)c(Nc2c(C#N)cnc3cc(OCCN4CCN(C(C)=O)CC4)c(OC)cc23)n1. The molecular weight excluding hydrogens is 484 g/mol. The Hall–Kier alpha value is -3.81. The van der Waals surface area contributed by atoms with Crippen LogP contribution < -0.4 is 19.5 Å².